The molecule has 0 radical (unpaired) electrons. The molecule has 1 heterocycles. The van der Waals surface area contributed by atoms with Gasteiger partial charge < -0.3 is 10.1 Å². The van der Waals surface area contributed by atoms with Crippen LogP contribution >= 0.6 is 0 Å². The summed E-state index contributed by atoms with van der Waals surface area (Å²) in [5.41, 5.74) is 2.22. The van der Waals surface area contributed by atoms with E-state index in [1.165, 1.54) is 0 Å². The Morgan fingerprint density at radius 3 is 2.67 bits per heavy atom. The first-order valence-electron chi connectivity index (χ1n) is 6.17. The van der Waals surface area contributed by atoms with Crippen molar-refractivity contribution in [3.05, 3.63) is 53.7 Å². The molecule has 0 aliphatic carbocycles. The van der Waals surface area contributed by atoms with E-state index in [1.807, 2.05) is 49.5 Å². The van der Waals surface area contributed by atoms with Crippen LogP contribution in [-0.4, -0.2) is 11.5 Å². The van der Waals surface area contributed by atoms with Crippen molar-refractivity contribution >= 4 is 5.82 Å². The van der Waals surface area contributed by atoms with Crippen molar-refractivity contribution in [1.82, 2.24) is 4.98 Å². The third kappa shape index (κ3) is 3.23. The number of aromatic nitrogens is 1. The largest absolute Gasteiger partial charge is 0.489 e. The molecule has 0 amide bonds. The Labute approximate surface area is 108 Å². The Morgan fingerprint density at radius 2 is 2.00 bits per heavy atom. The number of rotatable bonds is 5. The fourth-order valence-corrected chi connectivity index (χ4v) is 1.68. The molecular weight excluding hydrogens is 224 g/mol. The summed E-state index contributed by atoms with van der Waals surface area (Å²) in [6, 6.07) is 12.0. The quantitative estimate of drug-likeness (QED) is 0.872. The van der Waals surface area contributed by atoms with Gasteiger partial charge in [-0.15, -0.1) is 0 Å². The number of nitrogens with zero attached hydrogens (tertiary/aromatic N) is 1. The van der Waals surface area contributed by atoms with Crippen molar-refractivity contribution in [3.63, 3.8) is 0 Å². The Hall–Kier alpha value is -2.03. The number of benzene rings is 1. The molecule has 0 fully saturated rings. The van der Waals surface area contributed by atoms with Crippen LogP contribution in [0.5, 0.6) is 5.75 Å². The van der Waals surface area contributed by atoms with E-state index in [0.717, 1.165) is 29.2 Å². The monoisotopic (exact) mass is 242 g/mol. The maximum Gasteiger partial charge on any atom is 0.125 e. The van der Waals surface area contributed by atoms with Crippen LogP contribution in [0.1, 0.15) is 18.1 Å². The van der Waals surface area contributed by atoms with Crippen LogP contribution < -0.4 is 10.1 Å². The zero-order valence-corrected chi connectivity index (χ0v) is 10.8. The van der Waals surface area contributed by atoms with Gasteiger partial charge in [-0.25, -0.2) is 4.98 Å². The van der Waals surface area contributed by atoms with Crippen LogP contribution in [0.4, 0.5) is 5.82 Å². The van der Waals surface area contributed by atoms with Crippen molar-refractivity contribution in [1.29, 1.82) is 0 Å². The number of aryl methyl sites for hydroxylation is 1. The molecule has 3 nitrogen and oxygen atoms in total. The van der Waals surface area contributed by atoms with Crippen LogP contribution in [0.3, 0.4) is 0 Å². The van der Waals surface area contributed by atoms with Crippen LogP contribution in [0, 0.1) is 6.92 Å². The van der Waals surface area contributed by atoms with Gasteiger partial charge in [0.25, 0.3) is 0 Å². The summed E-state index contributed by atoms with van der Waals surface area (Å²) in [4.78, 5) is 4.31. The molecule has 0 spiro atoms. The predicted molar refractivity (Wildman–Crippen MR) is 73.9 cm³/mol. The lowest BCUT2D eigenvalue weighted by Gasteiger charge is -2.09. The molecule has 94 valence electrons. The van der Waals surface area contributed by atoms with Crippen molar-refractivity contribution < 1.29 is 4.74 Å². The molecule has 18 heavy (non-hydrogen) atoms. The molecule has 1 N–H and O–H groups in total. The van der Waals surface area contributed by atoms with E-state index in [0.29, 0.717) is 6.61 Å². The lowest BCUT2D eigenvalue weighted by Crippen LogP contribution is -2.01. The second-order valence-corrected chi connectivity index (χ2v) is 4.14. The number of hydrogen-bond donors (Lipinski definition) is 1. The van der Waals surface area contributed by atoms with Gasteiger partial charge in [0.2, 0.25) is 0 Å². The summed E-state index contributed by atoms with van der Waals surface area (Å²) in [5.74, 6) is 1.82. The molecule has 2 aromatic rings. The Bertz CT molecular complexity index is 494. The van der Waals surface area contributed by atoms with Gasteiger partial charge in [0.15, 0.2) is 0 Å². The third-order valence-electron chi connectivity index (χ3n) is 2.67. The average Bonchev–Trinajstić information content (AvgIpc) is 2.40. The summed E-state index contributed by atoms with van der Waals surface area (Å²) < 4.78 is 5.76. The van der Waals surface area contributed by atoms with E-state index < -0.39 is 0 Å². The van der Waals surface area contributed by atoms with Crippen molar-refractivity contribution in [3.8, 4) is 5.75 Å². The van der Waals surface area contributed by atoms with Crippen LogP contribution in [0.15, 0.2) is 42.6 Å². The van der Waals surface area contributed by atoms with Crippen molar-refractivity contribution in [2.75, 3.05) is 11.9 Å². The van der Waals surface area contributed by atoms with E-state index in [2.05, 4.69) is 17.2 Å². The molecular formula is C15H18N2O. The molecule has 0 aliphatic heterocycles. The predicted octanol–water partition coefficient (Wildman–Crippen LogP) is 3.40. The topological polar surface area (TPSA) is 34.1 Å². The molecule has 0 aliphatic rings. The van der Waals surface area contributed by atoms with E-state index in [1.54, 1.807) is 0 Å². The lowest BCUT2D eigenvalue weighted by atomic mass is 10.2. The van der Waals surface area contributed by atoms with Gasteiger partial charge in [-0.1, -0.05) is 24.3 Å². The van der Waals surface area contributed by atoms with E-state index in [9.17, 15) is 0 Å². The van der Waals surface area contributed by atoms with E-state index in [-0.39, 0.29) is 0 Å². The van der Waals surface area contributed by atoms with Gasteiger partial charge in [0, 0.05) is 18.3 Å². The highest BCUT2D eigenvalue weighted by Crippen LogP contribution is 2.17. The minimum atomic E-state index is 0.546. The van der Waals surface area contributed by atoms with Crippen LogP contribution in [-0.2, 0) is 6.61 Å². The average molecular weight is 242 g/mol. The smallest absolute Gasteiger partial charge is 0.125 e. The number of pyridine rings is 1. The third-order valence-corrected chi connectivity index (χ3v) is 2.67. The van der Waals surface area contributed by atoms with Gasteiger partial charge in [-0.05, 0) is 31.5 Å². The number of hydrogen-bond acceptors (Lipinski definition) is 3. The fraction of sp³-hybridized carbons (Fsp3) is 0.267. The summed E-state index contributed by atoms with van der Waals surface area (Å²) in [5, 5.41) is 3.17. The SMILES string of the molecule is CCNc1ccc(COc2ccccc2C)cn1. The van der Waals surface area contributed by atoms with E-state index >= 15 is 0 Å². The Morgan fingerprint density at radius 1 is 1.17 bits per heavy atom. The van der Waals surface area contributed by atoms with E-state index in [4.69, 9.17) is 4.74 Å². The number of nitrogens with one attached hydrogen (secondary N) is 1. The number of para-hydroxylation sites is 1. The second kappa shape index (κ2) is 6.05. The molecule has 0 bridgehead atoms. The normalized spacial score (nSPS) is 10.1. The molecule has 0 saturated heterocycles. The first-order chi connectivity index (χ1) is 8.79. The zero-order chi connectivity index (χ0) is 12.8. The summed E-state index contributed by atoms with van der Waals surface area (Å²) in [6.45, 7) is 5.52. The lowest BCUT2D eigenvalue weighted by molar-refractivity contribution is 0.303. The number of ether oxygens (including phenoxy) is 1. The molecule has 0 atom stereocenters. The van der Waals surface area contributed by atoms with Gasteiger partial charge in [0.05, 0.1) is 0 Å². The van der Waals surface area contributed by atoms with Gasteiger partial charge in [0.1, 0.15) is 18.2 Å². The highest BCUT2D eigenvalue weighted by molar-refractivity contribution is 5.35. The summed E-state index contributed by atoms with van der Waals surface area (Å²) in [6.07, 6.45) is 1.84. The molecule has 1 aromatic heterocycles. The zero-order valence-electron chi connectivity index (χ0n) is 10.8. The summed E-state index contributed by atoms with van der Waals surface area (Å²) in [7, 11) is 0. The van der Waals surface area contributed by atoms with Crippen LogP contribution in [0.25, 0.3) is 0 Å². The molecule has 0 saturated carbocycles. The standard InChI is InChI=1S/C15H18N2O/c1-3-16-15-9-8-13(10-17-15)11-18-14-7-5-4-6-12(14)2/h4-10H,3,11H2,1-2H3,(H,16,17). The maximum atomic E-state index is 5.76. The van der Waals surface area contributed by atoms with Gasteiger partial charge >= 0.3 is 0 Å². The fourth-order valence-electron chi connectivity index (χ4n) is 1.68. The van der Waals surface area contributed by atoms with Crippen LogP contribution in [0.2, 0.25) is 0 Å². The maximum absolute atomic E-state index is 5.76. The Balaban J connectivity index is 1.96. The highest BCUT2D eigenvalue weighted by Gasteiger charge is 1.99. The first-order valence-corrected chi connectivity index (χ1v) is 6.17. The number of anilines is 1. The minimum absolute atomic E-state index is 0.546. The Kier molecular flexibility index (Phi) is 4.18. The molecule has 0 unspecified atom stereocenters. The first kappa shape index (κ1) is 12.4. The van der Waals surface area contributed by atoms with Gasteiger partial charge in [-0.3, -0.25) is 0 Å². The van der Waals surface area contributed by atoms with Gasteiger partial charge in [-0.2, -0.15) is 0 Å². The molecule has 2 rings (SSSR count). The minimum Gasteiger partial charge on any atom is -0.489 e. The van der Waals surface area contributed by atoms with Crippen molar-refractivity contribution in [2.45, 2.75) is 20.5 Å². The second-order valence-electron chi connectivity index (χ2n) is 4.14. The highest BCUT2D eigenvalue weighted by atomic mass is 16.5. The summed E-state index contributed by atoms with van der Waals surface area (Å²) >= 11 is 0. The van der Waals surface area contributed by atoms with Crippen molar-refractivity contribution in [2.24, 2.45) is 0 Å². The molecule has 1 aromatic carbocycles. The molecule has 3 heteroatoms.